The Bertz CT molecular complexity index is 950. The molecule has 2 heterocycles. The number of alkyl halides is 4. The van der Waals surface area contributed by atoms with E-state index in [0.717, 1.165) is 45.1 Å². The first kappa shape index (κ1) is 30.8. The number of halogens is 4. The monoisotopic (exact) mass is 583 g/mol. The predicted molar refractivity (Wildman–Crippen MR) is 150 cm³/mol. The Kier molecular flexibility index (Phi) is 9.71. The fourth-order valence-corrected chi connectivity index (χ4v) is 8.70. The second kappa shape index (κ2) is 12.9. The molecule has 0 aromatic carbocycles. The maximum absolute atomic E-state index is 13.7. The van der Waals surface area contributed by atoms with Gasteiger partial charge in [0.1, 0.15) is 6.17 Å². The molecule has 5 rings (SSSR count). The lowest BCUT2D eigenvalue weighted by Gasteiger charge is -2.50. The molecule has 5 fully saturated rings. The van der Waals surface area contributed by atoms with Crippen molar-refractivity contribution in [3.05, 3.63) is 12.2 Å². The van der Waals surface area contributed by atoms with Crippen molar-refractivity contribution < 1.29 is 27.2 Å². The standard InChI is InChI=1S/C32H49F4N3O2/c1-19-6-12-26(38-30(40)21-4-3-5-23(14-21)32(34,35)36)16-27(19)28-15-22-18-37-25(17-29(22)39(2)31(28)41)13-9-20-7-10-24(33)11-8-20/h9,13,19-29,37H,3-8,10-12,14-18H2,1-2H3,(H,38,40)/b13-9+. The third-order valence-electron chi connectivity index (χ3n) is 11.3. The van der Waals surface area contributed by atoms with Gasteiger partial charge in [0.05, 0.1) is 5.92 Å². The average Bonchev–Trinajstić information content (AvgIpc) is 2.95. The molecule has 5 nitrogen and oxygen atoms in total. The summed E-state index contributed by atoms with van der Waals surface area (Å²) in [4.78, 5) is 28.7. The SMILES string of the molecule is CC1CCC(NC(=O)C2CCCC(C(F)(F)F)C2)CC1C1CC2CNC(/C=C/C3CCC(F)CC3)CC2N(C)C1=O. The number of rotatable bonds is 5. The highest BCUT2D eigenvalue weighted by Gasteiger charge is 2.48. The molecule has 9 unspecified atom stereocenters. The molecule has 0 aromatic rings. The number of likely N-dealkylation sites (tertiary alicyclic amines) is 1. The van der Waals surface area contributed by atoms with Crippen molar-refractivity contribution in [2.75, 3.05) is 13.6 Å². The molecule has 2 aliphatic heterocycles. The van der Waals surface area contributed by atoms with E-state index < -0.39 is 24.2 Å². The van der Waals surface area contributed by atoms with Crippen LogP contribution in [0.2, 0.25) is 0 Å². The van der Waals surface area contributed by atoms with E-state index in [0.29, 0.717) is 49.9 Å². The molecule has 41 heavy (non-hydrogen) atoms. The minimum atomic E-state index is -4.24. The summed E-state index contributed by atoms with van der Waals surface area (Å²) in [5.41, 5.74) is 0. The van der Waals surface area contributed by atoms with Gasteiger partial charge in [0.15, 0.2) is 0 Å². The van der Waals surface area contributed by atoms with E-state index in [1.807, 2.05) is 11.9 Å². The van der Waals surface area contributed by atoms with Gasteiger partial charge < -0.3 is 15.5 Å². The van der Waals surface area contributed by atoms with Gasteiger partial charge in [-0.2, -0.15) is 13.2 Å². The van der Waals surface area contributed by atoms with E-state index in [1.54, 1.807) is 0 Å². The van der Waals surface area contributed by atoms with Crippen LogP contribution >= 0.6 is 0 Å². The van der Waals surface area contributed by atoms with Crippen molar-refractivity contribution in [1.82, 2.24) is 15.5 Å². The van der Waals surface area contributed by atoms with Crippen LogP contribution in [-0.2, 0) is 9.59 Å². The highest BCUT2D eigenvalue weighted by atomic mass is 19.4. The molecule has 9 atom stereocenters. The number of hydrogen-bond acceptors (Lipinski definition) is 3. The Morgan fingerprint density at radius 1 is 0.976 bits per heavy atom. The number of carbonyl (C=O) groups excluding carboxylic acids is 2. The first-order valence-corrected chi connectivity index (χ1v) is 16.2. The lowest BCUT2D eigenvalue weighted by Crippen LogP contribution is -2.60. The summed E-state index contributed by atoms with van der Waals surface area (Å²) in [7, 11) is 1.94. The Hall–Kier alpha value is -1.64. The van der Waals surface area contributed by atoms with Crippen LogP contribution in [-0.4, -0.2) is 60.8 Å². The zero-order valence-corrected chi connectivity index (χ0v) is 24.7. The molecule has 0 aromatic heterocycles. The molecular weight excluding hydrogens is 534 g/mol. The van der Waals surface area contributed by atoms with Crippen LogP contribution < -0.4 is 10.6 Å². The zero-order valence-electron chi connectivity index (χ0n) is 24.7. The second-order valence-corrected chi connectivity index (χ2v) is 14.0. The van der Waals surface area contributed by atoms with Gasteiger partial charge >= 0.3 is 6.18 Å². The van der Waals surface area contributed by atoms with Crippen molar-refractivity contribution in [2.45, 2.75) is 121 Å². The summed E-state index contributed by atoms with van der Waals surface area (Å²) in [6.45, 7) is 3.06. The molecule has 3 saturated carbocycles. The van der Waals surface area contributed by atoms with E-state index in [-0.39, 0.29) is 54.6 Å². The molecule has 232 valence electrons. The molecular formula is C32H49F4N3O2. The summed E-state index contributed by atoms with van der Waals surface area (Å²) in [5.74, 6) is -0.764. The van der Waals surface area contributed by atoms with Crippen molar-refractivity contribution in [3.63, 3.8) is 0 Å². The summed E-state index contributed by atoms with van der Waals surface area (Å²) in [5, 5.41) is 6.80. The number of hydrogen-bond donors (Lipinski definition) is 2. The van der Waals surface area contributed by atoms with Gasteiger partial charge in [-0.05, 0) is 101 Å². The smallest absolute Gasteiger partial charge is 0.353 e. The molecule has 9 heteroatoms. The molecule has 2 amide bonds. The third-order valence-corrected chi connectivity index (χ3v) is 11.3. The van der Waals surface area contributed by atoms with Gasteiger partial charge in [0.2, 0.25) is 11.8 Å². The number of nitrogens with one attached hydrogen (secondary N) is 2. The van der Waals surface area contributed by atoms with E-state index in [9.17, 15) is 27.2 Å². The van der Waals surface area contributed by atoms with E-state index in [4.69, 9.17) is 0 Å². The van der Waals surface area contributed by atoms with Gasteiger partial charge in [0, 0.05) is 43.6 Å². The van der Waals surface area contributed by atoms with E-state index in [2.05, 4.69) is 29.7 Å². The number of fused-ring (bicyclic) bond motifs is 1. The Morgan fingerprint density at radius 3 is 2.46 bits per heavy atom. The first-order valence-electron chi connectivity index (χ1n) is 16.2. The fraction of sp³-hybridized carbons (Fsp3) is 0.875. The molecule has 3 aliphatic carbocycles. The average molecular weight is 584 g/mol. The topological polar surface area (TPSA) is 61.4 Å². The largest absolute Gasteiger partial charge is 0.391 e. The van der Waals surface area contributed by atoms with Crippen LogP contribution in [0, 0.1) is 41.4 Å². The molecule has 0 bridgehead atoms. The summed E-state index contributed by atoms with van der Waals surface area (Å²) >= 11 is 0. The number of allylic oxidation sites excluding steroid dienone is 1. The van der Waals surface area contributed by atoms with Crippen LogP contribution in [0.4, 0.5) is 17.6 Å². The first-order chi connectivity index (χ1) is 19.5. The van der Waals surface area contributed by atoms with E-state index in [1.165, 1.54) is 0 Å². The lowest BCUT2D eigenvalue weighted by atomic mass is 9.65. The van der Waals surface area contributed by atoms with Gasteiger partial charge in [-0.1, -0.05) is 25.5 Å². The fourth-order valence-electron chi connectivity index (χ4n) is 8.70. The Balaban J connectivity index is 1.16. The normalized spacial score (nSPS) is 42.6. The van der Waals surface area contributed by atoms with Crippen LogP contribution in [0.3, 0.4) is 0 Å². The minimum absolute atomic E-state index is 0.0859. The zero-order chi connectivity index (χ0) is 29.3. The van der Waals surface area contributed by atoms with Crippen molar-refractivity contribution >= 4 is 11.8 Å². The highest BCUT2D eigenvalue weighted by Crippen LogP contribution is 2.44. The Morgan fingerprint density at radius 2 is 1.73 bits per heavy atom. The predicted octanol–water partition coefficient (Wildman–Crippen LogP) is 6.19. The van der Waals surface area contributed by atoms with Crippen LogP contribution in [0.25, 0.3) is 0 Å². The summed E-state index contributed by atoms with van der Waals surface area (Å²) < 4.78 is 53.3. The summed E-state index contributed by atoms with van der Waals surface area (Å²) in [6.07, 6.45) is 7.83. The summed E-state index contributed by atoms with van der Waals surface area (Å²) in [6, 6.07) is 0.326. The van der Waals surface area contributed by atoms with Crippen molar-refractivity contribution in [2.24, 2.45) is 41.4 Å². The van der Waals surface area contributed by atoms with Crippen molar-refractivity contribution in [1.29, 1.82) is 0 Å². The van der Waals surface area contributed by atoms with Gasteiger partial charge in [-0.15, -0.1) is 0 Å². The molecule has 2 saturated heterocycles. The van der Waals surface area contributed by atoms with Crippen molar-refractivity contribution in [3.8, 4) is 0 Å². The third kappa shape index (κ3) is 7.30. The van der Waals surface area contributed by atoms with Gasteiger partial charge in [0.25, 0.3) is 0 Å². The molecule has 2 N–H and O–H groups in total. The molecule has 0 radical (unpaired) electrons. The number of amides is 2. The molecule has 0 spiro atoms. The van der Waals surface area contributed by atoms with Crippen LogP contribution in [0.1, 0.15) is 90.4 Å². The quantitative estimate of drug-likeness (QED) is 0.300. The van der Waals surface area contributed by atoms with Crippen LogP contribution in [0.15, 0.2) is 12.2 Å². The minimum Gasteiger partial charge on any atom is -0.353 e. The van der Waals surface area contributed by atoms with Gasteiger partial charge in [-0.25, -0.2) is 4.39 Å². The van der Waals surface area contributed by atoms with Crippen LogP contribution in [0.5, 0.6) is 0 Å². The maximum atomic E-state index is 13.7. The number of carbonyl (C=O) groups is 2. The maximum Gasteiger partial charge on any atom is 0.391 e. The second-order valence-electron chi connectivity index (χ2n) is 14.0. The van der Waals surface area contributed by atoms with Gasteiger partial charge in [-0.3, -0.25) is 9.59 Å². The molecule has 5 aliphatic rings. The van der Waals surface area contributed by atoms with E-state index >= 15 is 0 Å². The highest BCUT2D eigenvalue weighted by molar-refractivity contribution is 5.81. The Labute approximate surface area is 242 Å². The lowest BCUT2D eigenvalue weighted by molar-refractivity contribution is -0.186. The number of piperidine rings is 2. The number of nitrogens with zero attached hydrogens (tertiary/aromatic N) is 1.